The molecule has 19 heavy (non-hydrogen) atoms. The van der Waals surface area contributed by atoms with E-state index in [1.807, 2.05) is 0 Å². The maximum Gasteiger partial charge on any atom is 0.0581 e. The molecule has 1 aliphatic heterocycles. The van der Waals surface area contributed by atoms with E-state index in [1.54, 1.807) is 0 Å². The summed E-state index contributed by atoms with van der Waals surface area (Å²) in [5.74, 6) is 0. The van der Waals surface area contributed by atoms with Crippen molar-refractivity contribution in [1.29, 1.82) is 0 Å². The highest BCUT2D eigenvalue weighted by molar-refractivity contribution is 5.42. The van der Waals surface area contributed by atoms with Gasteiger partial charge in [-0.05, 0) is 36.5 Å². The Hall–Kier alpha value is -1.60. The van der Waals surface area contributed by atoms with Gasteiger partial charge in [-0.1, -0.05) is 61.0 Å². The van der Waals surface area contributed by atoms with E-state index in [2.05, 4.69) is 67.7 Å². The molecule has 2 aromatic rings. The molecule has 1 N–H and O–H groups in total. The van der Waals surface area contributed by atoms with Gasteiger partial charge in [-0.25, -0.2) is 0 Å². The molecule has 3 rings (SSSR count). The zero-order chi connectivity index (χ0) is 13.2. The molecule has 0 aromatic heterocycles. The second kappa shape index (κ2) is 5.18. The Morgan fingerprint density at radius 3 is 2.63 bits per heavy atom. The highest BCUT2D eigenvalue weighted by Crippen LogP contribution is 2.31. The van der Waals surface area contributed by atoms with Crippen molar-refractivity contribution in [3.63, 3.8) is 0 Å². The second-order valence-corrected chi connectivity index (χ2v) is 5.52. The molecule has 2 aromatic carbocycles. The third kappa shape index (κ3) is 2.43. The van der Waals surface area contributed by atoms with Gasteiger partial charge in [0.25, 0.3) is 0 Å². The molecule has 0 saturated heterocycles. The van der Waals surface area contributed by atoms with Crippen LogP contribution in [-0.4, -0.2) is 6.04 Å². The van der Waals surface area contributed by atoms with E-state index in [9.17, 15) is 0 Å². The summed E-state index contributed by atoms with van der Waals surface area (Å²) >= 11 is 0. The molecule has 1 heterocycles. The smallest absolute Gasteiger partial charge is 0.0581 e. The van der Waals surface area contributed by atoms with Crippen LogP contribution in [0.5, 0.6) is 0 Å². The van der Waals surface area contributed by atoms with Gasteiger partial charge in [0.1, 0.15) is 0 Å². The minimum atomic E-state index is 0.342. The third-order valence-electron chi connectivity index (χ3n) is 4.11. The Balaban J connectivity index is 2.07. The fourth-order valence-electron chi connectivity index (χ4n) is 3.00. The summed E-state index contributed by atoms with van der Waals surface area (Å²) in [5, 5.41) is 3.80. The average molecular weight is 251 g/mol. The molecule has 2 unspecified atom stereocenters. The molecular formula is C18H21N. The molecule has 98 valence electrons. The first-order valence-corrected chi connectivity index (χ1v) is 7.18. The number of aryl methyl sites for hydroxylation is 1. The van der Waals surface area contributed by atoms with Crippen LogP contribution < -0.4 is 5.32 Å². The van der Waals surface area contributed by atoms with Crippen LogP contribution >= 0.6 is 0 Å². The fourth-order valence-corrected chi connectivity index (χ4v) is 3.00. The van der Waals surface area contributed by atoms with Crippen LogP contribution in [0, 0.1) is 6.92 Å². The van der Waals surface area contributed by atoms with Crippen LogP contribution in [0.15, 0.2) is 48.5 Å². The number of benzene rings is 2. The first kappa shape index (κ1) is 12.4. The third-order valence-corrected chi connectivity index (χ3v) is 4.11. The Morgan fingerprint density at radius 1 is 1.11 bits per heavy atom. The number of fused-ring (bicyclic) bond motifs is 1. The van der Waals surface area contributed by atoms with Gasteiger partial charge < -0.3 is 5.32 Å². The number of hydrogen-bond acceptors (Lipinski definition) is 1. The normalized spacial score (nSPS) is 22.0. The van der Waals surface area contributed by atoms with Gasteiger partial charge in [0.2, 0.25) is 0 Å². The summed E-state index contributed by atoms with van der Waals surface area (Å²) in [6.45, 7) is 4.44. The van der Waals surface area contributed by atoms with Crippen molar-refractivity contribution in [3.05, 3.63) is 70.8 Å². The van der Waals surface area contributed by atoms with Crippen LogP contribution in [0.1, 0.15) is 41.6 Å². The lowest BCUT2D eigenvalue weighted by molar-refractivity contribution is 0.427. The van der Waals surface area contributed by atoms with Crippen LogP contribution in [0.2, 0.25) is 0 Å². The van der Waals surface area contributed by atoms with Crippen molar-refractivity contribution in [1.82, 2.24) is 5.32 Å². The van der Waals surface area contributed by atoms with E-state index in [1.165, 1.54) is 28.7 Å². The Bertz CT molecular complexity index is 559. The Morgan fingerprint density at radius 2 is 1.89 bits per heavy atom. The first-order chi connectivity index (χ1) is 9.28. The van der Waals surface area contributed by atoms with E-state index in [0.29, 0.717) is 12.1 Å². The van der Waals surface area contributed by atoms with Gasteiger partial charge in [-0.2, -0.15) is 0 Å². The molecule has 0 fully saturated rings. The Kier molecular flexibility index (Phi) is 3.39. The van der Waals surface area contributed by atoms with Crippen LogP contribution in [0.25, 0.3) is 0 Å². The maximum absolute atomic E-state index is 3.80. The topological polar surface area (TPSA) is 12.0 Å². The van der Waals surface area contributed by atoms with Crippen molar-refractivity contribution >= 4 is 0 Å². The minimum Gasteiger partial charge on any atom is -0.303 e. The van der Waals surface area contributed by atoms with Gasteiger partial charge >= 0.3 is 0 Å². The van der Waals surface area contributed by atoms with E-state index in [0.717, 1.165) is 6.42 Å². The minimum absolute atomic E-state index is 0.342. The van der Waals surface area contributed by atoms with Crippen molar-refractivity contribution in [2.24, 2.45) is 0 Å². The van der Waals surface area contributed by atoms with Crippen LogP contribution in [0.4, 0.5) is 0 Å². The highest BCUT2D eigenvalue weighted by Gasteiger charge is 2.26. The van der Waals surface area contributed by atoms with Gasteiger partial charge in [0.15, 0.2) is 0 Å². The Labute approximate surface area is 115 Å². The molecule has 1 nitrogen and oxygen atoms in total. The molecule has 1 aliphatic rings. The standard InChI is InChI=1S/C18H21N/c1-3-16-12-15-10-9-13(2)11-17(15)18(19-16)14-7-5-4-6-8-14/h4-11,16,18-19H,3,12H2,1-2H3. The first-order valence-electron chi connectivity index (χ1n) is 7.18. The highest BCUT2D eigenvalue weighted by atomic mass is 15.0. The molecule has 0 bridgehead atoms. The molecular weight excluding hydrogens is 230 g/mol. The van der Waals surface area contributed by atoms with E-state index in [4.69, 9.17) is 0 Å². The zero-order valence-electron chi connectivity index (χ0n) is 11.7. The summed E-state index contributed by atoms with van der Waals surface area (Å²) in [6.07, 6.45) is 2.33. The van der Waals surface area contributed by atoms with Crippen molar-refractivity contribution < 1.29 is 0 Å². The van der Waals surface area contributed by atoms with Crippen LogP contribution in [-0.2, 0) is 6.42 Å². The van der Waals surface area contributed by atoms with Gasteiger partial charge in [-0.3, -0.25) is 0 Å². The molecule has 1 heteroatoms. The number of nitrogens with one attached hydrogen (secondary N) is 1. The quantitative estimate of drug-likeness (QED) is 0.850. The second-order valence-electron chi connectivity index (χ2n) is 5.52. The number of rotatable bonds is 2. The summed E-state index contributed by atoms with van der Waals surface area (Å²) in [6, 6.07) is 18.6. The molecule has 0 amide bonds. The van der Waals surface area contributed by atoms with Crippen molar-refractivity contribution in [3.8, 4) is 0 Å². The van der Waals surface area contributed by atoms with Gasteiger partial charge in [-0.15, -0.1) is 0 Å². The summed E-state index contributed by atoms with van der Waals surface area (Å²) in [4.78, 5) is 0. The van der Waals surface area contributed by atoms with Crippen molar-refractivity contribution in [2.45, 2.75) is 38.8 Å². The zero-order valence-corrected chi connectivity index (χ0v) is 11.7. The van der Waals surface area contributed by atoms with Crippen LogP contribution in [0.3, 0.4) is 0 Å². The fraction of sp³-hybridized carbons (Fsp3) is 0.333. The largest absolute Gasteiger partial charge is 0.303 e. The summed E-state index contributed by atoms with van der Waals surface area (Å²) < 4.78 is 0. The van der Waals surface area contributed by atoms with Gasteiger partial charge in [0, 0.05) is 6.04 Å². The SMILES string of the molecule is CCC1Cc2ccc(C)cc2C(c2ccccc2)N1. The lowest BCUT2D eigenvalue weighted by atomic mass is 9.85. The predicted molar refractivity (Wildman–Crippen MR) is 80.4 cm³/mol. The molecule has 2 atom stereocenters. The molecule has 0 radical (unpaired) electrons. The lowest BCUT2D eigenvalue weighted by Gasteiger charge is -2.33. The average Bonchev–Trinajstić information content (AvgIpc) is 2.47. The van der Waals surface area contributed by atoms with Gasteiger partial charge in [0.05, 0.1) is 6.04 Å². The lowest BCUT2D eigenvalue weighted by Crippen LogP contribution is -2.39. The maximum atomic E-state index is 3.80. The summed E-state index contributed by atoms with van der Waals surface area (Å²) in [7, 11) is 0. The summed E-state index contributed by atoms with van der Waals surface area (Å²) in [5.41, 5.74) is 5.67. The van der Waals surface area contributed by atoms with E-state index in [-0.39, 0.29) is 0 Å². The monoisotopic (exact) mass is 251 g/mol. The predicted octanol–water partition coefficient (Wildman–Crippen LogP) is 4.01. The molecule has 0 saturated carbocycles. The van der Waals surface area contributed by atoms with E-state index >= 15 is 0 Å². The molecule has 0 aliphatic carbocycles. The molecule has 0 spiro atoms. The van der Waals surface area contributed by atoms with E-state index < -0.39 is 0 Å². The van der Waals surface area contributed by atoms with Crippen molar-refractivity contribution in [2.75, 3.05) is 0 Å². The number of hydrogen-bond donors (Lipinski definition) is 1.